The van der Waals surface area contributed by atoms with Gasteiger partial charge in [0.15, 0.2) is 0 Å². The molecule has 74 valence electrons. The lowest BCUT2D eigenvalue weighted by atomic mass is 10.6. The van der Waals surface area contributed by atoms with Crippen molar-refractivity contribution in [3.8, 4) is 0 Å². The van der Waals surface area contributed by atoms with Crippen LogP contribution in [0, 0.1) is 6.92 Å². The van der Waals surface area contributed by atoms with E-state index < -0.39 is 9.05 Å². The minimum atomic E-state index is -3.84. The highest BCUT2D eigenvalue weighted by Gasteiger charge is 2.22. The average Bonchev–Trinajstić information content (AvgIpc) is 2.25. The van der Waals surface area contributed by atoms with Crippen molar-refractivity contribution in [2.75, 3.05) is 0 Å². The standard InChI is InChI=1S/C6H8Cl2N2O2S/c1-3-10-4(2)9-6(5(10)7)13(8,11)12/h3H2,1-2H3. The average molecular weight is 243 g/mol. The molecule has 1 rings (SSSR count). The Morgan fingerprint density at radius 3 is 2.31 bits per heavy atom. The van der Waals surface area contributed by atoms with Crippen molar-refractivity contribution in [3.05, 3.63) is 11.0 Å². The number of hydrogen-bond donors (Lipinski definition) is 0. The zero-order valence-electron chi connectivity index (χ0n) is 7.08. The Labute approximate surface area is 85.9 Å². The maximum atomic E-state index is 10.9. The number of aromatic nitrogens is 2. The van der Waals surface area contributed by atoms with Crippen LogP contribution in [-0.4, -0.2) is 18.0 Å². The Bertz CT molecular complexity index is 424. The molecule has 1 aromatic heterocycles. The third kappa shape index (κ3) is 1.98. The van der Waals surface area contributed by atoms with Gasteiger partial charge < -0.3 is 4.57 Å². The van der Waals surface area contributed by atoms with E-state index in [4.69, 9.17) is 22.3 Å². The van der Waals surface area contributed by atoms with Crippen LogP contribution in [0.2, 0.25) is 5.15 Å². The van der Waals surface area contributed by atoms with Gasteiger partial charge in [-0.25, -0.2) is 13.4 Å². The summed E-state index contributed by atoms with van der Waals surface area (Å²) in [6.45, 7) is 4.07. The molecule has 0 bridgehead atoms. The van der Waals surface area contributed by atoms with Crippen molar-refractivity contribution in [3.63, 3.8) is 0 Å². The third-order valence-electron chi connectivity index (χ3n) is 1.61. The van der Waals surface area contributed by atoms with Gasteiger partial charge in [0.25, 0.3) is 9.05 Å². The van der Waals surface area contributed by atoms with Crippen molar-refractivity contribution >= 4 is 31.3 Å². The van der Waals surface area contributed by atoms with Gasteiger partial charge in [0.1, 0.15) is 11.0 Å². The minimum absolute atomic E-state index is 0.0648. The first-order chi connectivity index (χ1) is 5.88. The molecule has 0 saturated carbocycles. The third-order valence-corrected chi connectivity index (χ3v) is 3.29. The Morgan fingerprint density at radius 1 is 1.54 bits per heavy atom. The van der Waals surface area contributed by atoms with Crippen LogP contribution in [0.15, 0.2) is 5.03 Å². The monoisotopic (exact) mass is 242 g/mol. The molecule has 0 radical (unpaired) electrons. The van der Waals surface area contributed by atoms with E-state index in [9.17, 15) is 8.42 Å². The Kier molecular flexibility index (Phi) is 2.89. The van der Waals surface area contributed by atoms with E-state index in [0.717, 1.165) is 0 Å². The molecule has 0 unspecified atom stereocenters. The lowest BCUT2D eigenvalue weighted by Crippen LogP contribution is -1.97. The molecule has 0 N–H and O–H groups in total. The molecule has 13 heavy (non-hydrogen) atoms. The number of halogens is 2. The fourth-order valence-corrected chi connectivity index (χ4v) is 2.62. The largest absolute Gasteiger partial charge is 0.318 e. The topological polar surface area (TPSA) is 52.0 Å². The van der Waals surface area contributed by atoms with Crippen molar-refractivity contribution < 1.29 is 8.42 Å². The van der Waals surface area contributed by atoms with Crippen LogP contribution in [-0.2, 0) is 15.6 Å². The zero-order chi connectivity index (χ0) is 10.2. The summed E-state index contributed by atoms with van der Waals surface area (Å²) >= 11 is 5.75. The van der Waals surface area contributed by atoms with Crippen LogP contribution in [0.4, 0.5) is 0 Å². The molecule has 0 saturated heterocycles. The Morgan fingerprint density at radius 2 is 2.08 bits per heavy atom. The van der Waals surface area contributed by atoms with E-state index in [1.54, 1.807) is 11.5 Å². The van der Waals surface area contributed by atoms with Gasteiger partial charge in [-0.1, -0.05) is 11.6 Å². The van der Waals surface area contributed by atoms with E-state index >= 15 is 0 Å². The molecule has 0 aliphatic heterocycles. The first-order valence-electron chi connectivity index (χ1n) is 3.55. The summed E-state index contributed by atoms with van der Waals surface area (Å²) in [6, 6.07) is 0. The molecule has 0 fully saturated rings. The van der Waals surface area contributed by atoms with Gasteiger partial charge in [-0.3, -0.25) is 0 Å². The molecule has 7 heteroatoms. The second-order valence-corrected chi connectivity index (χ2v) is 5.28. The van der Waals surface area contributed by atoms with Gasteiger partial charge in [0.2, 0.25) is 5.03 Å². The first kappa shape index (κ1) is 10.8. The molecular weight excluding hydrogens is 235 g/mol. The predicted molar refractivity (Wildman–Crippen MR) is 50.7 cm³/mol. The van der Waals surface area contributed by atoms with Crippen LogP contribution in [0.1, 0.15) is 12.7 Å². The van der Waals surface area contributed by atoms with Crippen LogP contribution in [0.5, 0.6) is 0 Å². The van der Waals surface area contributed by atoms with Crippen molar-refractivity contribution in [1.82, 2.24) is 9.55 Å². The molecule has 0 aliphatic rings. The summed E-state index contributed by atoms with van der Waals surface area (Å²) < 4.78 is 23.4. The van der Waals surface area contributed by atoms with Gasteiger partial charge in [-0.05, 0) is 13.8 Å². The molecular formula is C6H8Cl2N2O2S. The summed E-state index contributed by atoms with van der Waals surface area (Å²) in [7, 11) is 1.28. The van der Waals surface area contributed by atoms with Crippen LogP contribution < -0.4 is 0 Å². The minimum Gasteiger partial charge on any atom is -0.318 e. The molecule has 1 heterocycles. The predicted octanol–water partition coefficient (Wildman–Crippen LogP) is 1.79. The Balaban J connectivity index is 3.44. The van der Waals surface area contributed by atoms with Gasteiger partial charge in [0.05, 0.1) is 0 Å². The number of aryl methyl sites for hydroxylation is 1. The lowest BCUT2D eigenvalue weighted by Gasteiger charge is -1.99. The molecule has 0 amide bonds. The maximum Gasteiger partial charge on any atom is 0.281 e. The molecule has 0 aliphatic carbocycles. The summed E-state index contributed by atoms with van der Waals surface area (Å²) in [6.07, 6.45) is 0. The van der Waals surface area contributed by atoms with Crippen LogP contribution in [0.25, 0.3) is 0 Å². The SMILES string of the molecule is CCn1c(C)nc(S(=O)(=O)Cl)c1Cl. The number of imidazole rings is 1. The van der Waals surface area contributed by atoms with E-state index in [0.29, 0.717) is 12.4 Å². The van der Waals surface area contributed by atoms with Gasteiger partial charge in [-0.2, -0.15) is 0 Å². The second-order valence-electron chi connectivity index (χ2n) is 2.44. The van der Waals surface area contributed by atoms with Crippen molar-refractivity contribution in [2.24, 2.45) is 0 Å². The molecule has 0 aromatic carbocycles. The van der Waals surface area contributed by atoms with Gasteiger partial charge >= 0.3 is 0 Å². The Hall–Kier alpha value is -0.260. The highest BCUT2D eigenvalue weighted by Crippen LogP contribution is 2.24. The molecule has 1 aromatic rings. The van der Waals surface area contributed by atoms with E-state index in [1.165, 1.54) is 0 Å². The van der Waals surface area contributed by atoms with Crippen molar-refractivity contribution in [2.45, 2.75) is 25.4 Å². The summed E-state index contributed by atoms with van der Waals surface area (Å²) in [5.74, 6) is 0.534. The van der Waals surface area contributed by atoms with E-state index in [2.05, 4.69) is 4.98 Å². The van der Waals surface area contributed by atoms with Gasteiger partial charge in [-0.15, -0.1) is 0 Å². The zero-order valence-corrected chi connectivity index (χ0v) is 9.41. The number of nitrogens with zero attached hydrogens (tertiary/aromatic N) is 2. The lowest BCUT2D eigenvalue weighted by molar-refractivity contribution is 0.606. The van der Waals surface area contributed by atoms with Crippen LogP contribution in [0.3, 0.4) is 0 Å². The smallest absolute Gasteiger partial charge is 0.281 e. The first-order valence-corrected chi connectivity index (χ1v) is 6.24. The second kappa shape index (κ2) is 3.48. The number of rotatable bonds is 2. The summed E-state index contributed by atoms with van der Waals surface area (Å²) in [5.41, 5.74) is 0. The molecule has 4 nitrogen and oxygen atoms in total. The molecule has 0 atom stereocenters. The number of hydrogen-bond acceptors (Lipinski definition) is 3. The normalized spacial score (nSPS) is 12.0. The summed E-state index contributed by atoms with van der Waals surface area (Å²) in [4.78, 5) is 3.76. The summed E-state index contributed by atoms with van der Waals surface area (Å²) in [5, 5.41) is -0.204. The highest BCUT2D eigenvalue weighted by atomic mass is 35.7. The fraction of sp³-hybridized carbons (Fsp3) is 0.500. The van der Waals surface area contributed by atoms with E-state index in [-0.39, 0.29) is 10.2 Å². The van der Waals surface area contributed by atoms with Gasteiger partial charge in [0, 0.05) is 17.2 Å². The fourth-order valence-electron chi connectivity index (χ4n) is 1.03. The maximum absolute atomic E-state index is 10.9. The van der Waals surface area contributed by atoms with Crippen molar-refractivity contribution in [1.29, 1.82) is 0 Å². The molecule has 0 spiro atoms. The van der Waals surface area contributed by atoms with E-state index in [1.807, 2.05) is 6.92 Å². The highest BCUT2D eigenvalue weighted by molar-refractivity contribution is 8.13. The quantitative estimate of drug-likeness (QED) is 0.744. The van der Waals surface area contributed by atoms with Crippen LogP contribution >= 0.6 is 22.3 Å².